The summed E-state index contributed by atoms with van der Waals surface area (Å²) >= 11 is 3.37. The zero-order chi connectivity index (χ0) is 22.4. The highest BCUT2D eigenvalue weighted by Crippen LogP contribution is 2.25. The van der Waals surface area contributed by atoms with Crippen LogP contribution in [0.1, 0.15) is 37.0 Å². The summed E-state index contributed by atoms with van der Waals surface area (Å²) in [5, 5.41) is 8.47. The lowest BCUT2D eigenvalue weighted by Gasteiger charge is -2.31. The van der Waals surface area contributed by atoms with Gasteiger partial charge < -0.3 is 20.9 Å². The lowest BCUT2D eigenvalue weighted by molar-refractivity contribution is -0.121. The molecular formula is C23H27BrN4O3. The molecule has 0 saturated carbocycles. The molecule has 0 atom stereocenters. The number of piperidine rings is 1. The van der Waals surface area contributed by atoms with Gasteiger partial charge in [0.05, 0.1) is 11.4 Å². The summed E-state index contributed by atoms with van der Waals surface area (Å²) in [4.78, 5) is 39.3. The molecule has 1 aliphatic heterocycles. The number of amides is 4. The first-order chi connectivity index (χ1) is 14.8. The second-order valence-electron chi connectivity index (χ2n) is 7.86. The van der Waals surface area contributed by atoms with Crippen molar-refractivity contribution in [2.24, 2.45) is 5.92 Å². The van der Waals surface area contributed by atoms with Crippen molar-refractivity contribution in [3.05, 3.63) is 58.6 Å². The van der Waals surface area contributed by atoms with Crippen LogP contribution in [0.4, 0.5) is 16.2 Å². The summed E-state index contributed by atoms with van der Waals surface area (Å²) in [5.41, 5.74) is 1.74. The molecule has 7 nitrogen and oxygen atoms in total. The van der Waals surface area contributed by atoms with E-state index in [0.29, 0.717) is 42.9 Å². The quantitative estimate of drug-likeness (QED) is 0.582. The van der Waals surface area contributed by atoms with Crippen LogP contribution in [0, 0.1) is 5.92 Å². The van der Waals surface area contributed by atoms with Gasteiger partial charge in [0.1, 0.15) is 0 Å². The molecule has 1 fully saturated rings. The number of likely N-dealkylation sites (tertiary alicyclic amines) is 1. The van der Waals surface area contributed by atoms with Gasteiger partial charge in [-0.05, 0) is 63.1 Å². The summed E-state index contributed by atoms with van der Waals surface area (Å²) in [6, 6.07) is 14.1. The largest absolute Gasteiger partial charge is 0.339 e. The Balaban J connectivity index is 1.56. The van der Waals surface area contributed by atoms with Crippen LogP contribution in [-0.4, -0.2) is 41.9 Å². The van der Waals surface area contributed by atoms with Crippen molar-refractivity contribution in [1.82, 2.24) is 10.2 Å². The van der Waals surface area contributed by atoms with E-state index in [4.69, 9.17) is 0 Å². The first-order valence-corrected chi connectivity index (χ1v) is 11.1. The van der Waals surface area contributed by atoms with Crippen LogP contribution in [0.3, 0.4) is 0 Å². The van der Waals surface area contributed by atoms with E-state index >= 15 is 0 Å². The number of rotatable bonds is 5. The first-order valence-electron chi connectivity index (χ1n) is 10.4. The van der Waals surface area contributed by atoms with Crippen molar-refractivity contribution in [2.75, 3.05) is 23.7 Å². The van der Waals surface area contributed by atoms with Gasteiger partial charge in [-0.25, -0.2) is 4.79 Å². The van der Waals surface area contributed by atoms with E-state index < -0.39 is 0 Å². The minimum atomic E-state index is -0.323. The third-order valence-electron chi connectivity index (χ3n) is 5.10. The molecule has 2 aromatic rings. The minimum Gasteiger partial charge on any atom is -0.339 e. The Morgan fingerprint density at radius 2 is 1.52 bits per heavy atom. The first kappa shape index (κ1) is 22.8. The molecule has 2 aromatic carbocycles. The lowest BCUT2D eigenvalue weighted by atomic mass is 9.95. The van der Waals surface area contributed by atoms with Crippen molar-refractivity contribution >= 4 is 45.2 Å². The summed E-state index contributed by atoms with van der Waals surface area (Å²) in [6.07, 6.45) is 1.19. The third-order valence-corrected chi connectivity index (χ3v) is 5.63. The molecule has 1 heterocycles. The fraction of sp³-hybridized carbons (Fsp3) is 0.348. The number of carbonyl (C=O) groups is 3. The Kier molecular flexibility index (Phi) is 7.68. The van der Waals surface area contributed by atoms with Crippen molar-refractivity contribution in [1.29, 1.82) is 0 Å². The molecule has 8 heteroatoms. The van der Waals surface area contributed by atoms with Gasteiger partial charge in [0.2, 0.25) is 5.91 Å². The predicted molar refractivity (Wildman–Crippen MR) is 125 cm³/mol. The van der Waals surface area contributed by atoms with Gasteiger partial charge in [0.25, 0.3) is 5.91 Å². The van der Waals surface area contributed by atoms with Crippen molar-refractivity contribution in [3.8, 4) is 0 Å². The zero-order valence-corrected chi connectivity index (χ0v) is 19.2. The van der Waals surface area contributed by atoms with Gasteiger partial charge >= 0.3 is 6.03 Å². The second kappa shape index (κ2) is 10.4. The van der Waals surface area contributed by atoms with Crippen LogP contribution in [-0.2, 0) is 4.79 Å². The molecule has 1 saturated heterocycles. The van der Waals surface area contributed by atoms with Gasteiger partial charge in [0, 0.05) is 35.1 Å². The number of nitrogens with one attached hydrogen (secondary N) is 3. The fourth-order valence-corrected chi connectivity index (χ4v) is 3.74. The summed E-state index contributed by atoms with van der Waals surface area (Å²) in [6.45, 7) is 4.82. The van der Waals surface area contributed by atoms with Crippen molar-refractivity contribution in [2.45, 2.75) is 32.7 Å². The van der Waals surface area contributed by atoms with Crippen LogP contribution in [0.15, 0.2) is 53.0 Å². The molecule has 0 radical (unpaired) electrons. The molecular weight excluding hydrogens is 460 g/mol. The van der Waals surface area contributed by atoms with Gasteiger partial charge in [0.15, 0.2) is 0 Å². The summed E-state index contributed by atoms with van der Waals surface area (Å²) < 4.78 is 0.927. The van der Waals surface area contributed by atoms with Gasteiger partial charge in [-0.15, -0.1) is 0 Å². The highest BCUT2D eigenvalue weighted by Gasteiger charge is 2.28. The number of halogens is 1. The van der Waals surface area contributed by atoms with E-state index in [1.54, 1.807) is 41.3 Å². The minimum absolute atomic E-state index is 0.00654. The molecule has 0 bridgehead atoms. The van der Waals surface area contributed by atoms with E-state index in [0.717, 1.165) is 4.47 Å². The van der Waals surface area contributed by atoms with Gasteiger partial charge in [-0.1, -0.05) is 28.1 Å². The smallest absolute Gasteiger partial charge is 0.319 e. The van der Waals surface area contributed by atoms with Crippen LogP contribution < -0.4 is 16.0 Å². The highest BCUT2D eigenvalue weighted by atomic mass is 79.9. The molecule has 1 aliphatic rings. The molecule has 4 amide bonds. The zero-order valence-electron chi connectivity index (χ0n) is 17.7. The van der Waals surface area contributed by atoms with Crippen LogP contribution >= 0.6 is 15.9 Å². The van der Waals surface area contributed by atoms with Crippen molar-refractivity contribution in [3.63, 3.8) is 0 Å². The van der Waals surface area contributed by atoms with E-state index in [9.17, 15) is 14.4 Å². The number of hydrogen-bond acceptors (Lipinski definition) is 3. The number of carbonyl (C=O) groups excluding carboxylic acids is 3. The average Bonchev–Trinajstić information content (AvgIpc) is 2.74. The summed E-state index contributed by atoms with van der Waals surface area (Å²) in [7, 11) is 0. The third kappa shape index (κ3) is 6.30. The van der Waals surface area contributed by atoms with Gasteiger partial charge in [-0.2, -0.15) is 0 Å². The number of benzene rings is 2. The maximum absolute atomic E-state index is 12.8. The Hall–Kier alpha value is -2.87. The average molecular weight is 487 g/mol. The van der Waals surface area contributed by atoms with E-state index in [1.807, 2.05) is 26.0 Å². The predicted octanol–water partition coefficient (Wildman–Crippen LogP) is 4.47. The number of para-hydroxylation sites is 2. The molecule has 0 aliphatic carbocycles. The van der Waals surface area contributed by atoms with Crippen LogP contribution in [0.25, 0.3) is 0 Å². The van der Waals surface area contributed by atoms with Crippen molar-refractivity contribution < 1.29 is 14.4 Å². The Morgan fingerprint density at radius 1 is 0.935 bits per heavy atom. The van der Waals surface area contributed by atoms with E-state index in [-0.39, 0.29) is 29.8 Å². The Morgan fingerprint density at radius 3 is 2.10 bits per heavy atom. The number of nitrogens with zero attached hydrogens (tertiary/aromatic N) is 1. The van der Waals surface area contributed by atoms with Gasteiger partial charge in [-0.3, -0.25) is 9.59 Å². The molecule has 3 rings (SSSR count). The van der Waals surface area contributed by atoms with E-state index in [1.165, 1.54) is 0 Å². The van der Waals surface area contributed by atoms with E-state index in [2.05, 4.69) is 31.9 Å². The second-order valence-corrected chi connectivity index (χ2v) is 8.78. The SMILES string of the molecule is CC(C)NC(=O)Nc1ccccc1NC(=O)C1CCN(C(=O)c2ccc(Br)cc2)CC1. The molecule has 3 N–H and O–H groups in total. The summed E-state index contributed by atoms with van der Waals surface area (Å²) in [5.74, 6) is -0.308. The topological polar surface area (TPSA) is 90.5 Å². The lowest BCUT2D eigenvalue weighted by Crippen LogP contribution is -2.41. The maximum atomic E-state index is 12.8. The monoisotopic (exact) mass is 486 g/mol. The fourth-order valence-electron chi connectivity index (χ4n) is 3.48. The maximum Gasteiger partial charge on any atom is 0.319 e. The molecule has 0 unspecified atom stereocenters. The van der Waals surface area contributed by atoms with Crippen LogP contribution in [0.2, 0.25) is 0 Å². The molecule has 164 valence electrons. The standard InChI is InChI=1S/C23H27BrN4O3/c1-15(2)25-23(31)27-20-6-4-3-5-19(20)26-21(29)16-11-13-28(14-12-16)22(30)17-7-9-18(24)10-8-17/h3-10,15-16H,11-14H2,1-2H3,(H,26,29)(H2,25,27,31). The molecule has 31 heavy (non-hydrogen) atoms. The van der Waals surface area contributed by atoms with Crippen LogP contribution in [0.5, 0.6) is 0 Å². The number of hydrogen-bond donors (Lipinski definition) is 3. The highest BCUT2D eigenvalue weighted by molar-refractivity contribution is 9.10. The molecule has 0 spiro atoms. The Bertz CT molecular complexity index is 938. The number of anilines is 2. The normalized spacial score (nSPS) is 14.3. The molecule has 0 aromatic heterocycles. The number of urea groups is 1. The Labute approximate surface area is 190 Å².